The molecule has 7 heteroatoms. The third-order valence-electron chi connectivity index (χ3n) is 6.50. The van der Waals surface area contributed by atoms with Crippen LogP contribution in [0, 0.1) is 0 Å². The van der Waals surface area contributed by atoms with Gasteiger partial charge in [0.15, 0.2) is 0 Å². The van der Waals surface area contributed by atoms with Gasteiger partial charge in [-0.15, -0.1) is 0 Å². The zero-order valence-electron chi connectivity index (χ0n) is 17.7. The molecular weight excluding hydrogens is 415 g/mol. The lowest BCUT2D eigenvalue weighted by Gasteiger charge is -2.31. The number of alkyl halides is 3. The molecule has 1 saturated heterocycles. The van der Waals surface area contributed by atoms with E-state index in [0.29, 0.717) is 18.0 Å². The van der Waals surface area contributed by atoms with Gasteiger partial charge in [-0.3, -0.25) is 0 Å². The van der Waals surface area contributed by atoms with Gasteiger partial charge in [0.05, 0.1) is 12.2 Å². The van der Waals surface area contributed by atoms with Crippen LogP contribution in [0.15, 0.2) is 54.9 Å². The Morgan fingerprint density at radius 1 is 0.938 bits per heavy atom. The van der Waals surface area contributed by atoms with E-state index < -0.39 is 11.7 Å². The van der Waals surface area contributed by atoms with Gasteiger partial charge in [-0.2, -0.15) is 13.2 Å². The number of nitrogens with one attached hydrogen (secondary N) is 2. The van der Waals surface area contributed by atoms with Crippen LogP contribution in [0.3, 0.4) is 0 Å². The minimum absolute atomic E-state index is 0.374. The number of H-pyrrole nitrogens is 2. The lowest BCUT2D eigenvalue weighted by atomic mass is 9.89. The van der Waals surface area contributed by atoms with Gasteiger partial charge in [-0.1, -0.05) is 18.2 Å². The van der Waals surface area contributed by atoms with E-state index in [1.165, 1.54) is 12.1 Å². The van der Waals surface area contributed by atoms with Gasteiger partial charge in [-0.05, 0) is 68.1 Å². The first-order valence-corrected chi connectivity index (χ1v) is 11.1. The smallest absolute Gasteiger partial charge is 0.416 e. The summed E-state index contributed by atoms with van der Waals surface area (Å²) in [5, 5.41) is 2.01. The van der Waals surface area contributed by atoms with Crippen LogP contribution in [-0.4, -0.2) is 41.1 Å². The summed E-state index contributed by atoms with van der Waals surface area (Å²) in [4.78, 5) is 8.72. The quantitative estimate of drug-likeness (QED) is 0.344. The van der Waals surface area contributed by atoms with Crippen LogP contribution in [0.5, 0.6) is 5.75 Å². The molecule has 0 saturated carbocycles. The largest absolute Gasteiger partial charge is 0.491 e. The molecule has 4 aromatic rings. The number of rotatable bonds is 6. The molecule has 3 heterocycles. The summed E-state index contributed by atoms with van der Waals surface area (Å²) in [6, 6.07) is 12.1. The molecule has 5 rings (SSSR count). The second-order valence-corrected chi connectivity index (χ2v) is 8.52. The van der Waals surface area contributed by atoms with Crippen LogP contribution in [0.4, 0.5) is 13.2 Å². The SMILES string of the molecule is FC(F)(F)c1ccc2c(C3CCN(CCCOc4c[nH]c5ccccc45)CC3)c[nH]c2c1. The molecule has 2 N–H and O–H groups in total. The van der Waals surface area contributed by atoms with Crippen molar-refractivity contribution >= 4 is 21.8 Å². The van der Waals surface area contributed by atoms with Gasteiger partial charge >= 0.3 is 6.18 Å². The van der Waals surface area contributed by atoms with Crippen LogP contribution in [0.2, 0.25) is 0 Å². The molecule has 0 amide bonds. The van der Waals surface area contributed by atoms with Gasteiger partial charge in [0.2, 0.25) is 0 Å². The Hall–Kier alpha value is -2.93. The summed E-state index contributed by atoms with van der Waals surface area (Å²) in [6.45, 7) is 3.64. The van der Waals surface area contributed by atoms with Crippen molar-refractivity contribution in [3.63, 3.8) is 0 Å². The molecule has 1 aliphatic rings. The lowest BCUT2D eigenvalue weighted by molar-refractivity contribution is -0.137. The first kappa shape index (κ1) is 20.9. The van der Waals surface area contributed by atoms with E-state index in [1.54, 1.807) is 6.07 Å². The molecule has 1 aliphatic heterocycles. The summed E-state index contributed by atoms with van der Waals surface area (Å²) in [5.74, 6) is 1.27. The highest BCUT2D eigenvalue weighted by Gasteiger charge is 2.31. The van der Waals surface area contributed by atoms with E-state index in [2.05, 4.69) is 20.9 Å². The molecule has 0 bridgehead atoms. The van der Waals surface area contributed by atoms with E-state index >= 15 is 0 Å². The highest BCUT2D eigenvalue weighted by atomic mass is 19.4. The zero-order valence-corrected chi connectivity index (χ0v) is 17.7. The van der Waals surface area contributed by atoms with E-state index in [4.69, 9.17) is 4.74 Å². The number of benzene rings is 2. The van der Waals surface area contributed by atoms with Crippen LogP contribution in [-0.2, 0) is 6.18 Å². The number of piperidine rings is 1. The van der Waals surface area contributed by atoms with Crippen molar-refractivity contribution in [3.05, 3.63) is 66.0 Å². The van der Waals surface area contributed by atoms with Crippen molar-refractivity contribution in [1.82, 2.24) is 14.9 Å². The maximum atomic E-state index is 13.0. The minimum atomic E-state index is -4.32. The van der Waals surface area contributed by atoms with Gasteiger partial charge in [-0.25, -0.2) is 0 Å². The fourth-order valence-corrected chi connectivity index (χ4v) is 4.76. The van der Waals surface area contributed by atoms with Crippen LogP contribution in [0.1, 0.15) is 36.3 Å². The van der Waals surface area contributed by atoms with Crippen molar-refractivity contribution in [2.45, 2.75) is 31.4 Å². The fraction of sp³-hybridized carbons (Fsp3) is 0.360. The van der Waals surface area contributed by atoms with Crippen LogP contribution in [0.25, 0.3) is 21.8 Å². The number of halogens is 3. The third-order valence-corrected chi connectivity index (χ3v) is 6.50. The van der Waals surface area contributed by atoms with Crippen LogP contribution < -0.4 is 4.74 Å². The summed E-state index contributed by atoms with van der Waals surface area (Å²) in [5.41, 5.74) is 2.17. The van der Waals surface area contributed by atoms with E-state index in [0.717, 1.165) is 66.5 Å². The van der Waals surface area contributed by atoms with Gasteiger partial charge in [0.25, 0.3) is 0 Å². The molecule has 0 radical (unpaired) electrons. The molecule has 0 spiro atoms. The molecule has 0 unspecified atom stereocenters. The summed E-state index contributed by atoms with van der Waals surface area (Å²) >= 11 is 0. The van der Waals surface area contributed by atoms with Crippen molar-refractivity contribution in [2.24, 2.45) is 0 Å². The Bertz CT molecular complexity index is 1200. The van der Waals surface area contributed by atoms with Gasteiger partial charge in [0.1, 0.15) is 5.75 Å². The number of hydrogen-bond acceptors (Lipinski definition) is 2. The molecule has 168 valence electrons. The Kier molecular flexibility index (Phi) is 5.59. The second-order valence-electron chi connectivity index (χ2n) is 8.52. The fourth-order valence-electron chi connectivity index (χ4n) is 4.76. The van der Waals surface area contributed by atoms with E-state index in [-0.39, 0.29) is 0 Å². The summed E-state index contributed by atoms with van der Waals surface area (Å²) < 4.78 is 44.9. The van der Waals surface area contributed by atoms with Gasteiger partial charge < -0.3 is 19.6 Å². The number of ether oxygens (including phenoxy) is 1. The Morgan fingerprint density at radius 2 is 1.72 bits per heavy atom. The van der Waals surface area contributed by atoms with E-state index in [1.807, 2.05) is 30.6 Å². The molecule has 2 aromatic heterocycles. The van der Waals surface area contributed by atoms with Gasteiger partial charge in [0, 0.05) is 40.7 Å². The molecule has 0 aliphatic carbocycles. The Labute approximate surface area is 184 Å². The number of likely N-dealkylation sites (tertiary alicyclic amines) is 1. The molecular formula is C25H26F3N3O. The van der Waals surface area contributed by atoms with Crippen molar-refractivity contribution in [1.29, 1.82) is 0 Å². The number of fused-ring (bicyclic) bond motifs is 2. The molecule has 2 aromatic carbocycles. The Balaban J connectivity index is 1.12. The second kappa shape index (κ2) is 8.54. The number of para-hydroxylation sites is 1. The third kappa shape index (κ3) is 4.21. The zero-order chi connectivity index (χ0) is 22.1. The van der Waals surface area contributed by atoms with Crippen molar-refractivity contribution in [2.75, 3.05) is 26.2 Å². The lowest BCUT2D eigenvalue weighted by Crippen LogP contribution is -2.34. The predicted molar refractivity (Wildman–Crippen MR) is 120 cm³/mol. The maximum Gasteiger partial charge on any atom is 0.416 e. The number of hydrogen-bond donors (Lipinski definition) is 2. The molecule has 4 nitrogen and oxygen atoms in total. The highest BCUT2D eigenvalue weighted by Crippen LogP contribution is 2.36. The first-order valence-electron chi connectivity index (χ1n) is 11.1. The standard InChI is InChI=1S/C25H26F3N3O/c26-25(27,28)18-6-7-19-21(15-29-23(19)14-18)17-8-11-31(12-9-17)10-3-13-32-24-16-30-22-5-2-1-4-20(22)24/h1-2,4-7,14-17,29-30H,3,8-13H2. The number of aromatic nitrogens is 2. The molecule has 1 fully saturated rings. The average molecular weight is 441 g/mol. The monoisotopic (exact) mass is 441 g/mol. The highest BCUT2D eigenvalue weighted by molar-refractivity contribution is 5.86. The number of nitrogens with zero attached hydrogens (tertiary/aromatic N) is 1. The van der Waals surface area contributed by atoms with Crippen molar-refractivity contribution in [3.8, 4) is 5.75 Å². The summed E-state index contributed by atoms with van der Waals surface area (Å²) in [7, 11) is 0. The molecule has 32 heavy (non-hydrogen) atoms. The van der Waals surface area contributed by atoms with E-state index in [9.17, 15) is 13.2 Å². The predicted octanol–water partition coefficient (Wildman–Crippen LogP) is 6.32. The minimum Gasteiger partial charge on any atom is -0.491 e. The molecule has 0 atom stereocenters. The Morgan fingerprint density at radius 3 is 2.53 bits per heavy atom. The normalized spacial score (nSPS) is 16.2. The van der Waals surface area contributed by atoms with Crippen molar-refractivity contribution < 1.29 is 17.9 Å². The first-order chi connectivity index (χ1) is 15.5. The summed E-state index contributed by atoms with van der Waals surface area (Å²) in [6.07, 6.45) is 2.46. The topological polar surface area (TPSA) is 44.0 Å². The van der Waals surface area contributed by atoms with Crippen LogP contribution >= 0.6 is 0 Å². The average Bonchev–Trinajstić information content (AvgIpc) is 3.40. The number of aromatic amines is 2. The maximum absolute atomic E-state index is 13.0.